The van der Waals surface area contributed by atoms with Crippen LogP contribution in [0, 0.1) is 0 Å². The van der Waals surface area contributed by atoms with E-state index in [-0.39, 0.29) is 12.1 Å². The molecule has 2 atom stereocenters. The van der Waals surface area contributed by atoms with Gasteiger partial charge in [0.05, 0.1) is 6.04 Å². The Labute approximate surface area is 95.0 Å². The quantitative estimate of drug-likeness (QED) is 0.445. The number of alkyl carbamates (subject to hydrolysis) is 1. The van der Waals surface area contributed by atoms with Crippen molar-refractivity contribution in [3.63, 3.8) is 0 Å². The maximum Gasteiger partial charge on any atom is 0.407 e. The number of carbonyl (C=O) groups excluding carboxylic acids is 1. The minimum atomic E-state index is -0.503. The molecule has 0 unspecified atom stereocenters. The Morgan fingerprint density at radius 1 is 1.50 bits per heavy atom. The lowest BCUT2D eigenvalue weighted by atomic mass is 10.2. The second-order valence-electron chi connectivity index (χ2n) is 4.96. The van der Waals surface area contributed by atoms with Gasteiger partial charge in [0.1, 0.15) is 5.60 Å². The molecule has 0 aliphatic heterocycles. The van der Waals surface area contributed by atoms with Crippen molar-refractivity contribution in [3.8, 4) is 0 Å². The smallest absolute Gasteiger partial charge is 0.407 e. The van der Waals surface area contributed by atoms with E-state index in [0.717, 1.165) is 19.3 Å². The van der Waals surface area contributed by atoms with Crippen LogP contribution < -0.4 is 5.32 Å². The highest BCUT2D eigenvalue weighted by Gasteiger charge is 2.29. The van der Waals surface area contributed by atoms with Crippen molar-refractivity contribution in [2.75, 3.05) is 0 Å². The zero-order valence-electron chi connectivity index (χ0n) is 9.93. The summed E-state index contributed by atoms with van der Waals surface area (Å²) in [6.45, 7) is 5.43. The van der Waals surface area contributed by atoms with Crippen LogP contribution in [0.5, 0.6) is 0 Å². The molecule has 1 aliphatic rings. The first-order chi connectivity index (χ1) is 7.42. The van der Waals surface area contributed by atoms with E-state index in [1.54, 1.807) is 0 Å². The SMILES string of the molecule is CC(C)(C)OC(=O)N[C@@H]1CCC[C@@H]1N=[N+]=[N-]. The van der Waals surface area contributed by atoms with Gasteiger partial charge in [-0.1, -0.05) is 11.5 Å². The lowest BCUT2D eigenvalue weighted by Crippen LogP contribution is -2.42. The molecule has 0 aromatic carbocycles. The summed E-state index contributed by atoms with van der Waals surface area (Å²) in [7, 11) is 0. The Hall–Kier alpha value is -1.42. The van der Waals surface area contributed by atoms with Gasteiger partial charge < -0.3 is 10.1 Å². The Morgan fingerprint density at radius 2 is 2.19 bits per heavy atom. The van der Waals surface area contributed by atoms with E-state index in [9.17, 15) is 4.79 Å². The Morgan fingerprint density at radius 3 is 2.75 bits per heavy atom. The molecule has 0 radical (unpaired) electrons. The lowest BCUT2D eigenvalue weighted by molar-refractivity contribution is 0.0501. The average molecular weight is 226 g/mol. The van der Waals surface area contributed by atoms with Crippen LogP contribution in [0.4, 0.5) is 4.79 Å². The molecule has 0 bridgehead atoms. The predicted octanol–water partition coefficient (Wildman–Crippen LogP) is 2.74. The monoisotopic (exact) mass is 226 g/mol. The summed E-state index contributed by atoms with van der Waals surface area (Å²) in [5.74, 6) is 0. The summed E-state index contributed by atoms with van der Waals surface area (Å²) in [5, 5.41) is 6.41. The molecule has 6 nitrogen and oxygen atoms in total. The maximum atomic E-state index is 11.5. The fraction of sp³-hybridized carbons (Fsp3) is 0.900. The summed E-state index contributed by atoms with van der Waals surface area (Å²) in [6, 6.07) is -0.233. The van der Waals surface area contributed by atoms with Gasteiger partial charge >= 0.3 is 6.09 Å². The first-order valence-corrected chi connectivity index (χ1v) is 5.46. The van der Waals surface area contributed by atoms with Crippen molar-refractivity contribution in [1.82, 2.24) is 5.32 Å². The summed E-state index contributed by atoms with van der Waals surface area (Å²) in [5.41, 5.74) is 7.88. The molecular formula is C10H18N4O2. The molecule has 0 aromatic rings. The molecule has 0 aromatic heterocycles. The number of hydrogen-bond acceptors (Lipinski definition) is 3. The van der Waals surface area contributed by atoms with Crippen LogP contribution in [0.15, 0.2) is 5.11 Å². The third-order valence-electron chi connectivity index (χ3n) is 2.38. The minimum absolute atomic E-state index is 0.0919. The number of hydrogen-bond donors (Lipinski definition) is 1. The third-order valence-corrected chi connectivity index (χ3v) is 2.38. The van der Waals surface area contributed by atoms with E-state index in [2.05, 4.69) is 15.3 Å². The molecule has 1 fully saturated rings. The predicted molar refractivity (Wildman–Crippen MR) is 59.9 cm³/mol. The molecule has 0 saturated heterocycles. The highest BCUT2D eigenvalue weighted by molar-refractivity contribution is 5.68. The first kappa shape index (κ1) is 12.6. The maximum absolute atomic E-state index is 11.5. The molecule has 6 heteroatoms. The van der Waals surface area contributed by atoms with Gasteiger partial charge in [-0.3, -0.25) is 0 Å². The highest BCUT2D eigenvalue weighted by Crippen LogP contribution is 2.22. The number of carbonyl (C=O) groups is 1. The van der Waals surface area contributed by atoms with Crippen molar-refractivity contribution in [2.45, 2.75) is 57.7 Å². The van der Waals surface area contributed by atoms with E-state index in [4.69, 9.17) is 10.3 Å². The lowest BCUT2D eigenvalue weighted by Gasteiger charge is -2.23. The van der Waals surface area contributed by atoms with Crippen molar-refractivity contribution in [2.24, 2.45) is 5.11 Å². The molecule has 1 amide bonds. The van der Waals surface area contributed by atoms with Crippen LogP contribution >= 0.6 is 0 Å². The summed E-state index contributed by atoms with van der Waals surface area (Å²) in [4.78, 5) is 14.3. The van der Waals surface area contributed by atoms with Crippen LogP contribution in [0.2, 0.25) is 0 Å². The van der Waals surface area contributed by atoms with E-state index >= 15 is 0 Å². The van der Waals surface area contributed by atoms with Gasteiger partial charge in [0, 0.05) is 11.0 Å². The average Bonchev–Trinajstić information content (AvgIpc) is 2.50. The second kappa shape index (κ2) is 5.07. The molecule has 1 rings (SSSR count). The fourth-order valence-electron chi connectivity index (χ4n) is 1.77. The number of azide groups is 1. The largest absolute Gasteiger partial charge is 0.444 e. The van der Waals surface area contributed by atoms with Crippen molar-refractivity contribution < 1.29 is 9.53 Å². The van der Waals surface area contributed by atoms with Crippen LogP contribution in [0.3, 0.4) is 0 Å². The van der Waals surface area contributed by atoms with Crippen molar-refractivity contribution >= 4 is 6.09 Å². The molecular weight excluding hydrogens is 208 g/mol. The molecule has 1 aliphatic carbocycles. The van der Waals surface area contributed by atoms with Crippen molar-refractivity contribution in [3.05, 3.63) is 10.4 Å². The van der Waals surface area contributed by atoms with Gasteiger partial charge in [-0.2, -0.15) is 0 Å². The normalized spacial score (nSPS) is 24.7. The van der Waals surface area contributed by atoms with Crippen molar-refractivity contribution in [1.29, 1.82) is 0 Å². The van der Waals surface area contributed by atoms with E-state index in [0.29, 0.717) is 0 Å². The van der Waals surface area contributed by atoms with Gasteiger partial charge in [-0.05, 0) is 39.1 Å². The number of ether oxygens (including phenoxy) is 1. The second-order valence-corrected chi connectivity index (χ2v) is 4.96. The van der Waals surface area contributed by atoms with Gasteiger partial charge in [0.25, 0.3) is 0 Å². The Bertz CT molecular complexity index is 304. The standard InChI is InChI=1S/C10H18N4O2/c1-10(2,3)16-9(15)12-7-5-4-6-8(7)13-14-11/h7-8H,4-6H2,1-3H3,(H,12,15)/t7-,8+/m1/s1. The Kier molecular flexibility index (Phi) is 4.01. The van der Waals surface area contributed by atoms with Crippen LogP contribution in [-0.4, -0.2) is 23.8 Å². The molecule has 90 valence electrons. The molecule has 1 N–H and O–H groups in total. The van der Waals surface area contributed by atoms with Crippen LogP contribution in [0.1, 0.15) is 40.0 Å². The Balaban J connectivity index is 2.47. The number of rotatable bonds is 2. The molecule has 0 heterocycles. The highest BCUT2D eigenvalue weighted by atomic mass is 16.6. The molecule has 1 saturated carbocycles. The minimum Gasteiger partial charge on any atom is -0.444 e. The number of nitrogens with zero attached hydrogens (tertiary/aromatic N) is 3. The molecule has 16 heavy (non-hydrogen) atoms. The topological polar surface area (TPSA) is 87.1 Å². The first-order valence-electron chi connectivity index (χ1n) is 5.46. The summed E-state index contributed by atoms with van der Waals surface area (Å²) in [6.07, 6.45) is 2.18. The summed E-state index contributed by atoms with van der Waals surface area (Å²) < 4.78 is 5.14. The third kappa shape index (κ3) is 3.98. The van der Waals surface area contributed by atoms with Gasteiger partial charge in [-0.25, -0.2) is 4.79 Å². The van der Waals surface area contributed by atoms with E-state index < -0.39 is 11.7 Å². The van der Waals surface area contributed by atoms with Crippen LogP contribution in [-0.2, 0) is 4.74 Å². The molecule has 0 spiro atoms. The number of nitrogens with one attached hydrogen (secondary N) is 1. The zero-order chi connectivity index (χ0) is 12.2. The van der Waals surface area contributed by atoms with E-state index in [1.165, 1.54) is 0 Å². The fourth-order valence-corrected chi connectivity index (χ4v) is 1.77. The zero-order valence-corrected chi connectivity index (χ0v) is 9.93. The number of amides is 1. The van der Waals surface area contributed by atoms with E-state index in [1.807, 2.05) is 20.8 Å². The van der Waals surface area contributed by atoms with Crippen LogP contribution in [0.25, 0.3) is 10.4 Å². The van der Waals surface area contributed by atoms with Gasteiger partial charge in [0.15, 0.2) is 0 Å². The summed E-state index contributed by atoms with van der Waals surface area (Å²) >= 11 is 0. The van der Waals surface area contributed by atoms with Gasteiger partial charge in [0.2, 0.25) is 0 Å². The van der Waals surface area contributed by atoms with Gasteiger partial charge in [-0.15, -0.1) is 0 Å².